The van der Waals surface area contributed by atoms with Gasteiger partial charge in [-0.15, -0.1) is 0 Å². The van der Waals surface area contributed by atoms with Crippen LogP contribution in [-0.4, -0.2) is 33.7 Å². The van der Waals surface area contributed by atoms with Gasteiger partial charge in [-0.05, 0) is 64.9 Å². The maximum Gasteiger partial charge on any atom is 0.200 e. The van der Waals surface area contributed by atoms with Crippen molar-refractivity contribution >= 4 is 74.7 Å². The molecule has 182 valence electrons. The molecule has 0 saturated heterocycles. The SMILES string of the molecule is COC(OC)c1ccc(/C=C/c2nn(PI)c3ccc(O[C@H](C)c4c(Cl)cncc4Cl)cc23)cn1. The molecule has 3 heterocycles. The Morgan fingerprint density at radius 2 is 1.77 bits per heavy atom. The number of pyridine rings is 2. The average Bonchev–Trinajstić information content (AvgIpc) is 3.21. The highest BCUT2D eigenvalue weighted by molar-refractivity contribution is 14.2. The molecule has 0 aliphatic carbocycles. The lowest BCUT2D eigenvalue weighted by molar-refractivity contribution is -0.108. The Balaban J connectivity index is 1.62. The smallest absolute Gasteiger partial charge is 0.200 e. The van der Waals surface area contributed by atoms with Crippen LogP contribution >= 0.6 is 51.6 Å². The van der Waals surface area contributed by atoms with Gasteiger partial charge in [0.25, 0.3) is 0 Å². The largest absolute Gasteiger partial charge is 0.486 e. The van der Waals surface area contributed by atoms with Crippen molar-refractivity contribution in [1.29, 1.82) is 0 Å². The van der Waals surface area contributed by atoms with Crippen molar-refractivity contribution in [3.05, 3.63) is 81.5 Å². The summed E-state index contributed by atoms with van der Waals surface area (Å²) in [7, 11) is 3.16. The van der Waals surface area contributed by atoms with E-state index < -0.39 is 6.29 Å². The number of benzene rings is 1. The van der Waals surface area contributed by atoms with Gasteiger partial charge in [0.15, 0.2) is 0 Å². The van der Waals surface area contributed by atoms with Gasteiger partial charge in [0.2, 0.25) is 6.29 Å². The highest BCUT2D eigenvalue weighted by atomic mass is 127. The number of hydrogen-bond acceptors (Lipinski definition) is 6. The minimum Gasteiger partial charge on any atom is -0.486 e. The zero-order chi connectivity index (χ0) is 24.9. The number of ether oxygens (including phenoxy) is 3. The molecule has 35 heavy (non-hydrogen) atoms. The van der Waals surface area contributed by atoms with Gasteiger partial charge in [-0.3, -0.25) is 9.97 Å². The van der Waals surface area contributed by atoms with Crippen LogP contribution < -0.4 is 4.74 Å². The predicted molar refractivity (Wildman–Crippen MR) is 151 cm³/mol. The maximum absolute atomic E-state index is 6.31. The zero-order valence-corrected chi connectivity index (χ0v) is 23.7. The molecule has 3 aromatic heterocycles. The Kier molecular flexibility index (Phi) is 8.97. The molecule has 0 spiro atoms. The van der Waals surface area contributed by atoms with Gasteiger partial charge in [-0.2, -0.15) is 5.10 Å². The fraction of sp³-hybridized carbons (Fsp3) is 0.208. The minimum atomic E-state index is -0.491. The van der Waals surface area contributed by atoms with E-state index in [0.29, 0.717) is 33.4 Å². The van der Waals surface area contributed by atoms with Crippen LogP contribution in [0.4, 0.5) is 0 Å². The molecule has 0 fully saturated rings. The van der Waals surface area contributed by atoms with Crippen molar-refractivity contribution in [2.75, 3.05) is 14.2 Å². The highest BCUT2D eigenvalue weighted by Crippen LogP contribution is 2.36. The van der Waals surface area contributed by atoms with Crippen LogP contribution in [-0.2, 0) is 9.47 Å². The van der Waals surface area contributed by atoms with Crippen LogP contribution in [0, 0.1) is 0 Å². The van der Waals surface area contributed by atoms with Gasteiger partial charge in [0, 0.05) is 43.8 Å². The highest BCUT2D eigenvalue weighted by Gasteiger charge is 2.17. The van der Waals surface area contributed by atoms with Crippen molar-refractivity contribution < 1.29 is 14.2 Å². The summed E-state index contributed by atoms with van der Waals surface area (Å²) >= 11 is 14.9. The molecule has 1 unspecified atom stereocenters. The fourth-order valence-electron chi connectivity index (χ4n) is 3.62. The summed E-state index contributed by atoms with van der Waals surface area (Å²) in [5, 5.41) is 6.68. The predicted octanol–water partition coefficient (Wildman–Crippen LogP) is 7.53. The van der Waals surface area contributed by atoms with E-state index in [9.17, 15) is 0 Å². The monoisotopic (exact) mass is 642 g/mol. The third kappa shape index (κ3) is 5.96. The average molecular weight is 643 g/mol. The second-order valence-corrected chi connectivity index (χ2v) is 10.3. The quantitative estimate of drug-likeness (QED) is 0.107. The first-order chi connectivity index (χ1) is 16.9. The number of halogens is 3. The third-order valence-corrected chi connectivity index (χ3v) is 7.76. The Labute approximate surface area is 228 Å². The second-order valence-electron chi connectivity index (χ2n) is 7.49. The molecular formula is C24H22Cl2IN4O3P. The molecule has 0 aliphatic heterocycles. The van der Waals surface area contributed by atoms with E-state index in [0.717, 1.165) is 22.2 Å². The topological polar surface area (TPSA) is 71.3 Å². The molecule has 0 aliphatic rings. The van der Waals surface area contributed by atoms with Crippen molar-refractivity contribution in [2.45, 2.75) is 19.3 Å². The van der Waals surface area contributed by atoms with E-state index >= 15 is 0 Å². The van der Waals surface area contributed by atoms with Crippen molar-refractivity contribution in [3.8, 4) is 5.75 Å². The van der Waals surface area contributed by atoms with Crippen LogP contribution in [0.25, 0.3) is 23.1 Å². The van der Waals surface area contributed by atoms with Crippen LogP contribution in [0.15, 0.2) is 48.9 Å². The van der Waals surface area contributed by atoms with E-state index in [4.69, 9.17) is 42.5 Å². The lowest BCUT2D eigenvalue weighted by Crippen LogP contribution is -2.05. The fourth-order valence-corrected chi connectivity index (χ4v) is 5.83. The van der Waals surface area contributed by atoms with Crippen LogP contribution in [0.1, 0.15) is 41.8 Å². The van der Waals surface area contributed by atoms with E-state index in [1.54, 1.807) is 32.8 Å². The number of fused-ring (bicyclic) bond motifs is 1. The summed E-state index contributed by atoms with van der Waals surface area (Å²) in [4.78, 5) is 8.44. The van der Waals surface area contributed by atoms with E-state index in [1.807, 2.05) is 53.9 Å². The summed E-state index contributed by atoms with van der Waals surface area (Å²) in [5.74, 6) is 0.691. The molecule has 0 radical (unpaired) electrons. The van der Waals surface area contributed by atoms with Crippen LogP contribution in [0.5, 0.6) is 5.75 Å². The number of rotatable bonds is 9. The van der Waals surface area contributed by atoms with Crippen molar-refractivity contribution in [2.24, 2.45) is 0 Å². The molecule has 0 N–H and O–H groups in total. The van der Waals surface area contributed by atoms with Gasteiger partial charge in [0.05, 0.1) is 33.3 Å². The molecule has 4 rings (SSSR count). The molecule has 4 aromatic rings. The van der Waals surface area contributed by atoms with Gasteiger partial charge >= 0.3 is 0 Å². The first kappa shape index (κ1) is 26.3. The minimum absolute atomic E-state index is 0.358. The molecule has 2 atom stereocenters. The van der Waals surface area contributed by atoms with E-state index in [-0.39, 0.29) is 6.10 Å². The molecule has 0 bridgehead atoms. The molecule has 1 aromatic carbocycles. The normalized spacial score (nSPS) is 13.0. The molecule has 0 saturated carbocycles. The first-order valence-corrected chi connectivity index (χ1v) is 15.3. The molecule has 11 heteroatoms. The summed E-state index contributed by atoms with van der Waals surface area (Å²) in [6.07, 6.45) is 8.45. The van der Waals surface area contributed by atoms with E-state index in [2.05, 4.69) is 32.0 Å². The summed E-state index contributed by atoms with van der Waals surface area (Å²) in [5.41, 5.74) is 4.19. The zero-order valence-electron chi connectivity index (χ0n) is 19.1. The van der Waals surface area contributed by atoms with E-state index in [1.165, 1.54) is 0 Å². The Morgan fingerprint density at radius 3 is 2.40 bits per heavy atom. The summed E-state index contributed by atoms with van der Waals surface area (Å²) < 4.78 is 18.7. The first-order valence-electron chi connectivity index (χ1n) is 10.5. The van der Waals surface area contributed by atoms with Gasteiger partial charge in [0.1, 0.15) is 11.9 Å². The standard InChI is InChI=1S/C24H22Cl2IN4O3P/c1-14(23-18(25)12-28-13-19(23)26)34-16-6-9-22-17(10-16)20(30-31(22)35-27)7-4-15-5-8-21(29-11-15)24(32-2)33-3/h4-14,24,35H,1-3H3/b7-4+/t14-/m1/s1. The third-order valence-electron chi connectivity index (χ3n) is 5.28. The number of aromatic nitrogens is 4. The van der Waals surface area contributed by atoms with Crippen LogP contribution in [0.2, 0.25) is 10.0 Å². The maximum atomic E-state index is 6.31. The van der Waals surface area contributed by atoms with Crippen molar-refractivity contribution in [1.82, 2.24) is 19.5 Å². The van der Waals surface area contributed by atoms with Crippen LogP contribution in [0.3, 0.4) is 0 Å². The number of nitrogens with zero attached hydrogens (tertiary/aromatic N) is 4. The van der Waals surface area contributed by atoms with Crippen molar-refractivity contribution in [3.63, 3.8) is 0 Å². The Morgan fingerprint density at radius 1 is 1.03 bits per heavy atom. The van der Waals surface area contributed by atoms with Gasteiger partial charge in [-0.25, -0.2) is 4.45 Å². The Hall–Kier alpha value is -1.81. The van der Waals surface area contributed by atoms with Gasteiger partial charge in [-0.1, -0.05) is 35.3 Å². The van der Waals surface area contributed by atoms with Gasteiger partial charge < -0.3 is 14.2 Å². The molecule has 7 nitrogen and oxygen atoms in total. The number of methoxy groups -OCH3 is 2. The Bertz CT molecular complexity index is 1330. The molecule has 0 amide bonds. The summed E-state index contributed by atoms with van der Waals surface area (Å²) in [6, 6.07) is 9.76. The summed E-state index contributed by atoms with van der Waals surface area (Å²) in [6.45, 7) is 1.90. The number of hydrogen-bond donors (Lipinski definition) is 0. The lowest BCUT2D eigenvalue weighted by Gasteiger charge is -2.17. The molecular weight excluding hydrogens is 621 g/mol. The second kappa shape index (κ2) is 12.0. The lowest BCUT2D eigenvalue weighted by atomic mass is 10.1.